The van der Waals surface area contributed by atoms with Crippen LogP contribution in [0.25, 0.3) is 0 Å². The van der Waals surface area contributed by atoms with Crippen molar-refractivity contribution >= 4 is 5.97 Å². The van der Waals surface area contributed by atoms with Crippen LogP contribution in [0.5, 0.6) is 0 Å². The molecule has 1 N–H and O–H groups in total. The summed E-state index contributed by atoms with van der Waals surface area (Å²) in [5.41, 5.74) is 0.504. The molecule has 4 nitrogen and oxygen atoms in total. The highest BCUT2D eigenvalue weighted by atomic mass is 16.7. The standard InChI is InChI=1S/C13H15NO3/c1-2-10-8-14(9-12(10)15)17-13(16)11-6-4-3-5-7-11/h2-7,10,12,15H,1,8-9H2/t10-,12-/m1/s1. The SMILES string of the molecule is C=C[C@@H]1CN(OC(=O)c2ccccc2)C[C@H]1O. The lowest BCUT2D eigenvalue weighted by molar-refractivity contribution is -0.0987. The van der Waals surface area contributed by atoms with E-state index in [2.05, 4.69) is 6.58 Å². The van der Waals surface area contributed by atoms with Crippen LogP contribution in [-0.2, 0) is 4.84 Å². The zero-order valence-corrected chi connectivity index (χ0v) is 9.45. The Morgan fingerprint density at radius 1 is 1.41 bits per heavy atom. The molecule has 0 aliphatic carbocycles. The minimum absolute atomic E-state index is 0.0430. The molecule has 1 aliphatic heterocycles. The highest BCUT2D eigenvalue weighted by Gasteiger charge is 2.31. The third-order valence-electron chi connectivity index (χ3n) is 2.82. The lowest BCUT2D eigenvalue weighted by atomic mass is 10.1. The van der Waals surface area contributed by atoms with E-state index < -0.39 is 12.1 Å². The maximum absolute atomic E-state index is 11.7. The Balaban J connectivity index is 1.95. The second-order valence-corrected chi connectivity index (χ2v) is 4.06. The highest BCUT2D eigenvalue weighted by Crippen LogP contribution is 2.18. The molecule has 90 valence electrons. The van der Waals surface area contributed by atoms with Crippen LogP contribution in [-0.4, -0.2) is 35.3 Å². The fourth-order valence-electron chi connectivity index (χ4n) is 1.83. The van der Waals surface area contributed by atoms with Crippen LogP contribution in [0.15, 0.2) is 43.0 Å². The van der Waals surface area contributed by atoms with E-state index in [0.717, 1.165) is 0 Å². The second kappa shape index (κ2) is 5.12. The van der Waals surface area contributed by atoms with Gasteiger partial charge in [0, 0.05) is 12.5 Å². The normalized spacial score (nSPS) is 24.5. The summed E-state index contributed by atoms with van der Waals surface area (Å²) in [7, 11) is 0. The fraction of sp³-hybridized carbons (Fsp3) is 0.308. The van der Waals surface area contributed by atoms with Gasteiger partial charge in [-0.3, -0.25) is 0 Å². The summed E-state index contributed by atoms with van der Waals surface area (Å²) in [5, 5.41) is 11.1. The van der Waals surface area contributed by atoms with Crippen LogP contribution >= 0.6 is 0 Å². The minimum atomic E-state index is -0.518. The zero-order valence-electron chi connectivity index (χ0n) is 9.45. The summed E-state index contributed by atoms with van der Waals surface area (Å²) in [6.07, 6.45) is 1.16. The smallest absolute Gasteiger partial charge is 0.357 e. The van der Waals surface area contributed by atoms with Gasteiger partial charge in [-0.05, 0) is 12.1 Å². The highest BCUT2D eigenvalue weighted by molar-refractivity contribution is 5.89. The summed E-state index contributed by atoms with van der Waals surface area (Å²) >= 11 is 0. The number of carbonyl (C=O) groups excluding carboxylic acids is 1. The molecular weight excluding hydrogens is 218 g/mol. The Hall–Kier alpha value is -1.65. The van der Waals surface area contributed by atoms with Crippen molar-refractivity contribution in [2.45, 2.75) is 6.10 Å². The molecule has 0 unspecified atom stereocenters. The molecule has 1 aromatic carbocycles. The van der Waals surface area contributed by atoms with E-state index in [1.165, 1.54) is 5.06 Å². The molecule has 0 bridgehead atoms. The second-order valence-electron chi connectivity index (χ2n) is 4.06. The van der Waals surface area contributed by atoms with Gasteiger partial charge in [0.05, 0.1) is 18.2 Å². The summed E-state index contributed by atoms with van der Waals surface area (Å²) in [6.45, 7) is 4.46. The number of nitrogens with zero attached hydrogens (tertiary/aromatic N) is 1. The van der Waals surface area contributed by atoms with Gasteiger partial charge in [0.15, 0.2) is 0 Å². The van der Waals surface area contributed by atoms with Gasteiger partial charge >= 0.3 is 5.97 Å². The van der Waals surface area contributed by atoms with Gasteiger partial charge in [-0.15, -0.1) is 11.6 Å². The third-order valence-corrected chi connectivity index (χ3v) is 2.82. The zero-order chi connectivity index (χ0) is 12.3. The first-order valence-corrected chi connectivity index (χ1v) is 5.53. The number of carbonyl (C=O) groups is 1. The van der Waals surface area contributed by atoms with Gasteiger partial charge in [-0.1, -0.05) is 24.3 Å². The topological polar surface area (TPSA) is 49.8 Å². The molecule has 1 aliphatic rings. The van der Waals surface area contributed by atoms with E-state index in [-0.39, 0.29) is 5.92 Å². The van der Waals surface area contributed by atoms with E-state index in [0.29, 0.717) is 18.7 Å². The molecule has 0 spiro atoms. The maximum atomic E-state index is 11.7. The van der Waals surface area contributed by atoms with Crippen molar-refractivity contribution in [3.05, 3.63) is 48.6 Å². The molecule has 0 saturated carbocycles. The summed E-state index contributed by atoms with van der Waals surface area (Å²) in [6, 6.07) is 8.79. The van der Waals surface area contributed by atoms with Crippen LogP contribution in [0.3, 0.4) is 0 Å². The Kier molecular flexibility index (Phi) is 3.56. The molecule has 1 aromatic rings. The van der Waals surface area contributed by atoms with E-state index in [9.17, 15) is 9.90 Å². The number of aliphatic hydroxyl groups excluding tert-OH is 1. The van der Waals surface area contributed by atoms with E-state index >= 15 is 0 Å². The molecule has 1 fully saturated rings. The monoisotopic (exact) mass is 233 g/mol. The van der Waals surface area contributed by atoms with Gasteiger partial charge < -0.3 is 9.94 Å². The van der Waals surface area contributed by atoms with E-state index in [4.69, 9.17) is 4.84 Å². The van der Waals surface area contributed by atoms with E-state index in [1.807, 2.05) is 6.07 Å². The number of rotatable bonds is 3. The molecule has 0 radical (unpaired) electrons. The van der Waals surface area contributed by atoms with Crippen molar-refractivity contribution in [1.82, 2.24) is 5.06 Å². The first-order valence-electron chi connectivity index (χ1n) is 5.53. The third kappa shape index (κ3) is 2.72. The molecule has 1 saturated heterocycles. The minimum Gasteiger partial charge on any atom is -0.391 e. The molecule has 0 amide bonds. The summed E-state index contributed by atoms with van der Waals surface area (Å²) < 4.78 is 0. The first kappa shape index (κ1) is 11.8. The Labute approximate surface area is 100 Å². The number of aliphatic hydroxyl groups is 1. The van der Waals surface area contributed by atoms with Crippen LogP contribution < -0.4 is 0 Å². The average molecular weight is 233 g/mol. The lowest BCUT2D eigenvalue weighted by Crippen LogP contribution is -2.26. The molecule has 1 heterocycles. The molecular formula is C13H15NO3. The number of hydroxylamine groups is 2. The number of hydrogen-bond donors (Lipinski definition) is 1. The molecule has 17 heavy (non-hydrogen) atoms. The Bertz CT molecular complexity index is 404. The molecule has 0 aromatic heterocycles. The van der Waals surface area contributed by atoms with E-state index in [1.54, 1.807) is 30.3 Å². The van der Waals surface area contributed by atoms with Crippen molar-refractivity contribution in [3.8, 4) is 0 Å². The van der Waals surface area contributed by atoms with Crippen molar-refractivity contribution < 1.29 is 14.7 Å². The van der Waals surface area contributed by atoms with Gasteiger partial charge in [0.25, 0.3) is 0 Å². The van der Waals surface area contributed by atoms with Crippen molar-refractivity contribution in [2.24, 2.45) is 5.92 Å². The maximum Gasteiger partial charge on any atom is 0.357 e. The first-order chi connectivity index (χ1) is 8.20. The quantitative estimate of drug-likeness (QED) is 0.798. The Morgan fingerprint density at radius 2 is 2.12 bits per heavy atom. The summed E-state index contributed by atoms with van der Waals surface area (Å²) in [5.74, 6) is -0.443. The number of benzene rings is 1. The fourth-order valence-corrected chi connectivity index (χ4v) is 1.83. The molecule has 2 atom stereocenters. The van der Waals surface area contributed by atoms with Gasteiger partial charge in [0.1, 0.15) is 0 Å². The predicted molar refractivity (Wildman–Crippen MR) is 63.1 cm³/mol. The van der Waals surface area contributed by atoms with Crippen LogP contribution in [0.1, 0.15) is 10.4 Å². The van der Waals surface area contributed by atoms with Crippen LogP contribution in [0, 0.1) is 5.92 Å². The molecule has 2 rings (SSSR count). The number of β-amino-alcohol motifs (C(OH)–C–C–N with tert-alkyl or cyclic N) is 1. The van der Waals surface area contributed by atoms with Crippen LogP contribution in [0.4, 0.5) is 0 Å². The van der Waals surface area contributed by atoms with Crippen LogP contribution in [0.2, 0.25) is 0 Å². The van der Waals surface area contributed by atoms with Gasteiger partial charge in [-0.25, -0.2) is 4.79 Å². The van der Waals surface area contributed by atoms with Crippen molar-refractivity contribution in [2.75, 3.05) is 13.1 Å². The Morgan fingerprint density at radius 3 is 2.71 bits per heavy atom. The van der Waals surface area contributed by atoms with Gasteiger partial charge in [0.2, 0.25) is 0 Å². The number of hydrogen-bond acceptors (Lipinski definition) is 4. The largest absolute Gasteiger partial charge is 0.391 e. The lowest BCUT2D eigenvalue weighted by Gasteiger charge is -2.14. The van der Waals surface area contributed by atoms with Crippen molar-refractivity contribution in [3.63, 3.8) is 0 Å². The van der Waals surface area contributed by atoms with Crippen molar-refractivity contribution in [1.29, 1.82) is 0 Å². The summed E-state index contributed by atoms with van der Waals surface area (Å²) in [4.78, 5) is 16.9. The molecule has 4 heteroatoms. The predicted octanol–water partition coefficient (Wildman–Crippen LogP) is 1.24. The van der Waals surface area contributed by atoms with Gasteiger partial charge in [-0.2, -0.15) is 0 Å². The average Bonchev–Trinajstić information content (AvgIpc) is 2.70.